The number of rotatable bonds is 3. The smallest absolute Gasteiger partial charge is 0.213 e. The third-order valence-electron chi connectivity index (χ3n) is 1.63. The number of hydrogen-bond acceptors (Lipinski definition) is 5. The van der Waals surface area contributed by atoms with E-state index in [9.17, 15) is 0 Å². The molecule has 2 rings (SSSR count). The van der Waals surface area contributed by atoms with Crippen molar-refractivity contribution in [2.75, 3.05) is 5.32 Å². The summed E-state index contributed by atoms with van der Waals surface area (Å²) >= 11 is 9.09. The maximum Gasteiger partial charge on any atom is 0.213 e. The monoisotopic (exact) mass is 288 g/mol. The van der Waals surface area contributed by atoms with Crippen LogP contribution in [0, 0.1) is 0 Å². The zero-order valence-corrected chi connectivity index (χ0v) is 9.79. The van der Waals surface area contributed by atoms with Gasteiger partial charge in [0.15, 0.2) is 5.82 Å². The lowest BCUT2D eigenvalue weighted by Gasteiger charge is -2.04. The fourth-order valence-corrected chi connectivity index (χ4v) is 1.76. The summed E-state index contributed by atoms with van der Waals surface area (Å²) in [6, 6.07) is 1.76. The Balaban J connectivity index is 2.05. The molecule has 0 aliphatic carbocycles. The van der Waals surface area contributed by atoms with Gasteiger partial charge in [-0.05, 0) is 22.0 Å². The number of halogens is 2. The zero-order valence-electron chi connectivity index (χ0n) is 7.44. The third kappa shape index (κ3) is 2.66. The van der Waals surface area contributed by atoms with Gasteiger partial charge in [0.1, 0.15) is 5.82 Å². The summed E-state index contributed by atoms with van der Waals surface area (Å²) in [7, 11) is 0. The van der Waals surface area contributed by atoms with E-state index in [2.05, 4.69) is 40.9 Å². The van der Waals surface area contributed by atoms with Gasteiger partial charge < -0.3 is 9.84 Å². The highest BCUT2D eigenvalue weighted by atomic mass is 79.9. The van der Waals surface area contributed by atoms with Crippen LogP contribution in [0.4, 0.5) is 5.82 Å². The first-order valence-corrected chi connectivity index (χ1v) is 5.23. The number of aromatic nitrogens is 3. The normalized spacial score (nSPS) is 10.3. The maximum absolute atomic E-state index is 5.76. The summed E-state index contributed by atoms with van der Waals surface area (Å²) in [6.07, 6.45) is 2.84. The van der Waals surface area contributed by atoms with Crippen molar-refractivity contribution in [3.05, 3.63) is 34.0 Å². The highest BCUT2D eigenvalue weighted by molar-refractivity contribution is 9.10. The van der Waals surface area contributed by atoms with Crippen molar-refractivity contribution in [1.29, 1.82) is 0 Å². The van der Waals surface area contributed by atoms with Crippen LogP contribution in [0.2, 0.25) is 5.02 Å². The highest BCUT2D eigenvalue weighted by Gasteiger charge is 2.03. The minimum atomic E-state index is 0.448. The molecule has 0 unspecified atom stereocenters. The molecule has 2 aromatic rings. The van der Waals surface area contributed by atoms with Crippen LogP contribution in [0.15, 0.2) is 27.7 Å². The topological polar surface area (TPSA) is 63.8 Å². The lowest BCUT2D eigenvalue weighted by atomic mass is 10.4. The van der Waals surface area contributed by atoms with Crippen LogP contribution in [-0.4, -0.2) is 15.1 Å². The molecule has 2 heterocycles. The van der Waals surface area contributed by atoms with Crippen LogP contribution in [0.5, 0.6) is 0 Å². The SMILES string of the molecule is Clc1cnc(NCc2ncon2)c(Br)c1. The van der Waals surface area contributed by atoms with E-state index < -0.39 is 0 Å². The molecule has 7 heteroatoms. The second-order valence-electron chi connectivity index (χ2n) is 2.68. The number of anilines is 1. The molecule has 0 spiro atoms. The predicted molar refractivity (Wildman–Crippen MR) is 58.6 cm³/mol. The molecule has 0 saturated heterocycles. The van der Waals surface area contributed by atoms with Crippen LogP contribution < -0.4 is 5.32 Å². The zero-order chi connectivity index (χ0) is 10.7. The van der Waals surface area contributed by atoms with E-state index in [0.717, 1.165) is 4.47 Å². The Morgan fingerprint density at radius 2 is 2.33 bits per heavy atom. The molecule has 15 heavy (non-hydrogen) atoms. The Bertz CT molecular complexity index is 448. The van der Waals surface area contributed by atoms with E-state index >= 15 is 0 Å². The van der Waals surface area contributed by atoms with Crippen LogP contribution in [0.3, 0.4) is 0 Å². The summed E-state index contributed by atoms with van der Waals surface area (Å²) < 4.78 is 5.39. The molecule has 0 fully saturated rings. The Labute approximate surface area is 99.0 Å². The lowest BCUT2D eigenvalue weighted by Crippen LogP contribution is -2.03. The molecule has 0 aliphatic rings. The standard InChI is InChI=1S/C8H6BrClN4O/c9-6-1-5(10)2-11-8(6)12-3-7-13-4-15-14-7/h1-2,4H,3H2,(H,11,12). The quantitative estimate of drug-likeness (QED) is 0.940. The molecule has 2 aromatic heterocycles. The number of nitrogens with zero attached hydrogens (tertiary/aromatic N) is 3. The van der Waals surface area contributed by atoms with Gasteiger partial charge in [-0.25, -0.2) is 4.98 Å². The van der Waals surface area contributed by atoms with Gasteiger partial charge in [-0.15, -0.1) is 0 Å². The van der Waals surface area contributed by atoms with Crippen LogP contribution >= 0.6 is 27.5 Å². The van der Waals surface area contributed by atoms with Crippen molar-refractivity contribution >= 4 is 33.3 Å². The summed E-state index contributed by atoms with van der Waals surface area (Å²) in [5, 5.41) is 7.28. The van der Waals surface area contributed by atoms with E-state index in [0.29, 0.717) is 23.2 Å². The molecule has 0 bridgehead atoms. The van der Waals surface area contributed by atoms with E-state index in [4.69, 9.17) is 11.6 Å². The van der Waals surface area contributed by atoms with Crippen molar-refractivity contribution in [3.8, 4) is 0 Å². The van der Waals surface area contributed by atoms with E-state index in [-0.39, 0.29) is 0 Å². The third-order valence-corrected chi connectivity index (χ3v) is 2.44. The van der Waals surface area contributed by atoms with Gasteiger partial charge in [0, 0.05) is 6.20 Å². The first-order chi connectivity index (χ1) is 7.25. The molecule has 5 nitrogen and oxygen atoms in total. The Morgan fingerprint density at radius 1 is 1.47 bits per heavy atom. The molecule has 1 N–H and O–H groups in total. The molecular formula is C8H6BrClN4O. The van der Waals surface area contributed by atoms with Crippen molar-refractivity contribution < 1.29 is 4.52 Å². The van der Waals surface area contributed by atoms with Gasteiger partial charge in [-0.2, -0.15) is 4.98 Å². The maximum atomic E-state index is 5.76. The molecule has 0 aromatic carbocycles. The fourth-order valence-electron chi connectivity index (χ4n) is 0.978. The molecule has 0 radical (unpaired) electrons. The molecule has 0 aliphatic heterocycles. The minimum Gasteiger partial charge on any atom is -0.362 e. The average molecular weight is 290 g/mol. The van der Waals surface area contributed by atoms with Crippen molar-refractivity contribution in [1.82, 2.24) is 15.1 Å². The second-order valence-corrected chi connectivity index (χ2v) is 3.98. The molecule has 78 valence electrons. The van der Waals surface area contributed by atoms with Gasteiger partial charge in [0.25, 0.3) is 0 Å². The summed E-state index contributed by atoms with van der Waals surface area (Å²) in [6.45, 7) is 0.448. The van der Waals surface area contributed by atoms with Gasteiger partial charge in [0.2, 0.25) is 6.39 Å². The largest absolute Gasteiger partial charge is 0.362 e. The van der Waals surface area contributed by atoms with Crippen LogP contribution in [0.1, 0.15) is 5.82 Å². The summed E-state index contributed by atoms with van der Waals surface area (Å²) in [5.41, 5.74) is 0. The Morgan fingerprint density at radius 3 is 3.00 bits per heavy atom. The Kier molecular flexibility index (Phi) is 3.17. The lowest BCUT2D eigenvalue weighted by molar-refractivity contribution is 0.411. The first-order valence-electron chi connectivity index (χ1n) is 4.06. The van der Waals surface area contributed by atoms with Gasteiger partial charge in [-0.3, -0.25) is 0 Å². The number of pyridine rings is 1. The summed E-state index contributed by atoms with van der Waals surface area (Å²) in [4.78, 5) is 7.97. The van der Waals surface area contributed by atoms with Gasteiger partial charge >= 0.3 is 0 Å². The van der Waals surface area contributed by atoms with Gasteiger partial charge in [0.05, 0.1) is 16.0 Å². The second kappa shape index (κ2) is 4.59. The van der Waals surface area contributed by atoms with E-state index in [1.165, 1.54) is 6.39 Å². The molecule has 0 saturated carbocycles. The number of hydrogen-bond donors (Lipinski definition) is 1. The van der Waals surface area contributed by atoms with E-state index in [1.54, 1.807) is 12.3 Å². The highest BCUT2D eigenvalue weighted by Crippen LogP contribution is 2.23. The van der Waals surface area contributed by atoms with Crippen molar-refractivity contribution in [2.45, 2.75) is 6.54 Å². The van der Waals surface area contributed by atoms with Gasteiger partial charge in [-0.1, -0.05) is 16.8 Å². The van der Waals surface area contributed by atoms with Crippen molar-refractivity contribution in [2.24, 2.45) is 0 Å². The van der Waals surface area contributed by atoms with Crippen molar-refractivity contribution in [3.63, 3.8) is 0 Å². The van der Waals surface area contributed by atoms with Crippen LogP contribution in [0.25, 0.3) is 0 Å². The molecular weight excluding hydrogens is 283 g/mol. The first kappa shape index (κ1) is 10.4. The molecule has 0 atom stereocenters. The number of nitrogens with one attached hydrogen (secondary N) is 1. The summed E-state index contributed by atoms with van der Waals surface area (Å²) in [5.74, 6) is 1.25. The minimum absolute atomic E-state index is 0.448. The van der Waals surface area contributed by atoms with Crippen LogP contribution in [-0.2, 0) is 6.54 Å². The predicted octanol–water partition coefficient (Wildman–Crippen LogP) is 2.49. The molecule has 0 amide bonds. The average Bonchev–Trinajstić information content (AvgIpc) is 2.69. The Hall–Kier alpha value is -1.14. The fraction of sp³-hybridized carbons (Fsp3) is 0.125. The van der Waals surface area contributed by atoms with E-state index in [1.807, 2.05) is 0 Å².